The zero-order valence-electron chi connectivity index (χ0n) is 19.6. The fraction of sp³-hybridized carbons (Fsp3) is 0.269. The molecule has 0 aliphatic rings. The molecule has 3 aromatic rings. The molecule has 0 saturated heterocycles. The van der Waals surface area contributed by atoms with Crippen LogP contribution >= 0.6 is 0 Å². The number of carbonyl (C=O) groups is 3. The lowest BCUT2D eigenvalue weighted by Crippen LogP contribution is -2.37. The summed E-state index contributed by atoms with van der Waals surface area (Å²) in [6.45, 7) is 1.77. The first-order valence-electron chi connectivity index (χ1n) is 11.3. The predicted octanol–water partition coefficient (Wildman–Crippen LogP) is 3.10. The van der Waals surface area contributed by atoms with Crippen LogP contribution in [-0.4, -0.2) is 50.5 Å². The van der Waals surface area contributed by atoms with Crippen molar-refractivity contribution in [3.05, 3.63) is 72.3 Å². The van der Waals surface area contributed by atoms with Gasteiger partial charge in [0.25, 0.3) is 0 Å². The van der Waals surface area contributed by atoms with E-state index in [-0.39, 0.29) is 36.5 Å². The first-order chi connectivity index (χ1) is 17.2. The van der Waals surface area contributed by atoms with Crippen molar-refractivity contribution < 1.29 is 37.4 Å². The second-order valence-electron chi connectivity index (χ2n) is 7.94. The normalized spacial score (nSPS) is 13.0. The van der Waals surface area contributed by atoms with Gasteiger partial charge in [-0.15, -0.1) is 0 Å². The summed E-state index contributed by atoms with van der Waals surface area (Å²) in [5, 5.41) is 10.7. The molecule has 0 amide bonds. The molecule has 0 aromatic heterocycles. The van der Waals surface area contributed by atoms with E-state index in [0.717, 1.165) is 16.3 Å². The summed E-state index contributed by atoms with van der Waals surface area (Å²) in [5.74, 6) is -1.92. The van der Waals surface area contributed by atoms with Gasteiger partial charge in [-0.25, -0.2) is 17.9 Å². The molecule has 0 aliphatic heterocycles. The van der Waals surface area contributed by atoms with Crippen LogP contribution in [0.25, 0.3) is 10.8 Å². The lowest BCUT2D eigenvalue weighted by Gasteiger charge is -2.21. The summed E-state index contributed by atoms with van der Waals surface area (Å²) in [4.78, 5) is 34.7. The molecule has 190 valence electrons. The smallest absolute Gasteiger partial charge is 0.347 e. The van der Waals surface area contributed by atoms with Crippen LogP contribution in [0.15, 0.2) is 71.6 Å². The Morgan fingerprint density at radius 1 is 1.03 bits per heavy atom. The van der Waals surface area contributed by atoms with Gasteiger partial charge in [-0.3, -0.25) is 4.79 Å². The number of aldehydes is 1. The van der Waals surface area contributed by atoms with Gasteiger partial charge in [0.05, 0.1) is 12.6 Å². The van der Waals surface area contributed by atoms with Gasteiger partial charge in [-0.05, 0) is 41.8 Å². The Labute approximate surface area is 209 Å². The van der Waals surface area contributed by atoms with Crippen LogP contribution in [0.3, 0.4) is 0 Å². The van der Waals surface area contributed by atoms with Crippen molar-refractivity contribution in [3.8, 4) is 5.75 Å². The maximum absolute atomic E-state index is 13.1. The highest BCUT2D eigenvalue weighted by atomic mass is 32.2. The number of sulfonamides is 1. The number of nitrogens with one attached hydrogen (secondary N) is 1. The van der Waals surface area contributed by atoms with Crippen molar-refractivity contribution in [1.82, 2.24) is 4.72 Å². The number of rotatable bonds is 13. The molecule has 0 unspecified atom stereocenters. The van der Waals surface area contributed by atoms with E-state index in [1.807, 2.05) is 42.5 Å². The average Bonchev–Trinajstić information content (AvgIpc) is 2.86. The molecule has 3 aromatic carbocycles. The Hall–Kier alpha value is -3.76. The number of aliphatic carboxylic acids is 1. The number of benzene rings is 3. The van der Waals surface area contributed by atoms with Gasteiger partial charge < -0.3 is 19.4 Å². The number of esters is 1. The second kappa shape index (κ2) is 12.3. The van der Waals surface area contributed by atoms with Crippen molar-refractivity contribution in [2.75, 3.05) is 6.61 Å². The molecule has 0 bridgehead atoms. The quantitative estimate of drug-likeness (QED) is 0.263. The third-order valence-electron chi connectivity index (χ3n) is 5.38. The molecule has 3 rings (SSSR count). The van der Waals surface area contributed by atoms with Gasteiger partial charge >= 0.3 is 11.9 Å². The van der Waals surface area contributed by atoms with E-state index in [0.29, 0.717) is 6.29 Å². The highest BCUT2D eigenvalue weighted by molar-refractivity contribution is 7.89. The monoisotopic (exact) mass is 513 g/mol. The average molecular weight is 514 g/mol. The number of hydrogen-bond acceptors (Lipinski definition) is 7. The highest BCUT2D eigenvalue weighted by Crippen LogP contribution is 2.27. The zero-order chi connectivity index (χ0) is 26.1. The third kappa shape index (κ3) is 6.89. The SMILES string of the molecule is CCOC(=O)[C@H](Cc1cccc2ccccc12)Oc1ccccc1S(=O)(=O)N[C@H](C=O)CCC(=O)O. The molecule has 2 atom stereocenters. The van der Waals surface area contributed by atoms with E-state index in [1.54, 1.807) is 13.0 Å². The molecule has 0 fully saturated rings. The summed E-state index contributed by atoms with van der Waals surface area (Å²) in [7, 11) is -4.29. The van der Waals surface area contributed by atoms with E-state index in [9.17, 15) is 22.8 Å². The molecule has 0 aliphatic carbocycles. The number of carboxylic acid groups (broad SMARTS) is 1. The van der Waals surface area contributed by atoms with Crippen molar-refractivity contribution in [2.24, 2.45) is 0 Å². The zero-order valence-corrected chi connectivity index (χ0v) is 20.4. The molecule has 36 heavy (non-hydrogen) atoms. The van der Waals surface area contributed by atoms with Gasteiger partial charge in [0.1, 0.15) is 16.9 Å². The van der Waals surface area contributed by atoms with Gasteiger partial charge in [-0.2, -0.15) is 0 Å². The van der Waals surface area contributed by atoms with Crippen molar-refractivity contribution in [2.45, 2.75) is 43.2 Å². The number of carbonyl (C=O) groups excluding carboxylic acids is 2. The lowest BCUT2D eigenvalue weighted by molar-refractivity contribution is -0.151. The first-order valence-corrected chi connectivity index (χ1v) is 12.8. The molecule has 2 N–H and O–H groups in total. The summed E-state index contributed by atoms with van der Waals surface area (Å²) in [6.07, 6.45) is -1.29. The molecule has 0 heterocycles. The Morgan fingerprint density at radius 3 is 2.44 bits per heavy atom. The molecule has 0 radical (unpaired) electrons. The minimum Gasteiger partial charge on any atom is -0.481 e. The summed E-state index contributed by atoms with van der Waals surface area (Å²) >= 11 is 0. The van der Waals surface area contributed by atoms with Crippen molar-refractivity contribution in [3.63, 3.8) is 0 Å². The third-order valence-corrected chi connectivity index (χ3v) is 6.91. The maximum atomic E-state index is 13.1. The number of ether oxygens (including phenoxy) is 2. The van der Waals surface area contributed by atoms with Crippen LogP contribution in [0.4, 0.5) is 0 Å². The first kappa shape index (κ1) is 26.8. The molecular weight excluding hydrogens is 486 g/mol. The Morgan fingerprint density at radius 2 is 1.72 bits per heavy atom. The molecule has 0 saturated carbocycles. The van der Waals surface area contributed by atoms with Crippen LogP contribution in [-0.2, 0) is 35.6 Å². The van der Waals surface area contributed by atoms with E-state index < -0.39 is 34.1 Å². The van der Waals surface area contributed by atoms with Crippen LogP contribution in [0.2, 0.25) is 0 Å². The van der Waals surface area contributed by atoms with Crippen LogP contribution < -0.4 is 9.46 Å². The molecule has 0 spiro atoms. The second-order valence-corrected chi connectivity index (χ2v) is 9.63. The molecule has 10 heteroatoms. The largest absolute Gasteiger partial charge is 0.481 e. The van der Waals surface area contributed by atoms with Crippen molar-refractivity contribution >= 4 is 39.0 Å². The Balaban J connectivity index is 1.92. The van der Waals surface area contributed by atoms with E-state index in [4.69, 9.17) is 14.6 Å². The van der Waals surface area contributed by atoms with Crippen LogP contribution in [0.1, 0.15) is 25.3 Å². The highest BCUT2D eigenvalue weighted by Gasteiger charge is 2.28. The van der Waals surface area contributed by atoms with Gasteiger partial charge in [0.2, 0.25) is 10.0 Å². The number of fused-ring (bicyclic) bond motifs is 1. The standard InChI is InChI=1S/C26H27NO8S/c1-2-34-26(31)23(16-19-10-7-9-18-8-3-4-11-21(18)19)35-22-12-5-6-13-24(22)36(32,33)27-20(17-28)14-15-25(29)30/h3-13,17,20,23,27H,2,14-16H2,1H3,(H,29,30)/t20-,23-/m0/s1. The fourth-order valence-electron chi connectivity index (χ4n) is 3.70. The molecular formula is C26H27NO8S. The minimum atomic E-state index is -4.29. The summed E-state index contributed by atoms with van der Waals surface area (Å²) in [5.41, 5.74) is 0.819. The van der Waals surface area contributed by atoms with Gasteiger partial charge in [-0.1, -0.05) is 54.6 Å². The minimum absolute atomic E-state index is 0.105. The number of carboxylic acids is 1. The number of hydrogen-bond donors (Lipinski definition) is 2. The summed E-state index contributed by atoms with van der Waals surface area (Å²) in [6, 6.07) is 17.8. The number of para-hydroxylation sites is 1. The van der Waals surface area contributed by atoms with Crippen LogP contribution in [0.5, 0.6) is 5.75 Å². The van der Waals surface area contributed by atoms with Gasteiger partial charge in [0, 0.05) is 12.8 Å². The van der Waals surface area contributed by atoms with E-state index in [2.05, 4.69) is 4.72 Å². The topological polar surface area (TPSA) is 136 Å². The predicted molar refractivity (Wildman–Crippen MR) is 132 cm³/mol. The van der Waals surface area contributed by atoms with Crippen LogP contribution in [0, 0.1) is 0 Å². The fourth-order valence-corrected chi connectivity index (χ4v) is 5.04. The lowest BCUT2D eigenvalue weighted by atomic mass is 10.00. The summed E-state index contributed by atoms with van der Waals surface area (Å²) < 4.78 is 39.5. The molecule has 9 nitrogen and oxygen atoms in total. The van der Waals surface area contributed by atoms with E-state index in [1.165, 1.54) is 18.2 Å². The van der Waals surface area contributed by atoms with Gasteiger partial charge in [0.15, 0.2) is 6.10 Å². The van der Waals surface area contributed by atoms with E-state index >= 15 is 0 Å². The maximum Gasteiger partial charge on any atom is 0.347 e. The Kier molecular flexibility index (Phi) is 9.15. The Bertz CT molecular complexity index is 1330. The van der Waals surface area contributed by atoms with Crippen molar-refractivity contribution in [1.29, 1.82) is 0 Å².